The average molecular weight is 182 g/mol. The molecule has 3 N–H and O–H groups in total. The molecular formula is C8H22O4. The molecule has 0 aromatic heterocycles. The van der Waals surface area contributed by atoms with Crippen LogP contribution < -0.4 is 0 Å². The molecule has 0 fully saturated rings. The molecular weight excluding hydrogens is 160 g/mol. The molecule has 0 spiro atoms. The van der Waals surface area contributed by atoms with Crippen LogP contribution in [0.4, 0.5) is 0 Å². The Morgan fingerprint density at radius 1 is 1.17 bits per heavy atom. The largest absolute Gasteiger partial charge is 0.400 e. The lowest BCUT2D eigenvalue weighted by molar-refractivity contribution is -0.106. The van der Waals surface area contributed by atoms with Crippen molar-refractivity contribution in [2.45, 2.75) is 27.2 Å². The van der Waals surface area contributed by atoms with E-state index < -0.39 is 0 Å². The first-order valence-corrected chi connectivity index (χ1v) is 3.81. The number of aldehydes is 1. The van der Waals surface area contributed by atoms with E-state index in [2.05, 4.69) is 0 Å². The number of hydrogen-bond acceptors (Lipinski definition) is 4. The Kier molecular flexibility index (Phi) is 143. The Morgan fingerprint density at radius 2 is 1.25 bits per heavy atom. The maximum Gasteiger partial charge on any atom is 0.116 e. The van der Waals surface area contributed by atoms with Crippen molar-refractivity contribution in [3.8, 4) is 0 Å². The highest BCUT2D eigenvalue weighted by Crippen LogP contribution is 1.61. The summed E-state index contributed by atoms with van der Waals surface area (Å²) in [5.41, 5.74) is 0. The van der Waals surface area contributed by atoms with E-state index in [-0.39, 0.29) is 6.61 Å². The van der Waals surface area contributed by atoms with Gasteiger partial charge in [0.2, 0.25) is 0 Å². The zero-order valence-corrected chi connectivity index (χ0v) is 8.45. The van der Waals surface area contributed by atoms with E-state index in [0.717, 1.165) is 19.8 Å². The van der Waals surface area contributed by atoms with Crippen molar-refractivity contribution in [1.29, 1.82) is 0 Å². The molecule has 0 atom stereocenters. The number of aliphatic hydroxyl groups is 3. The van der Waals surface area contributed by atoms with Crippen LogP contribution in [0.3, 0.4) is 0 Å². The lowest BCUT2D eigenvalue weighted by Crippen LogP contribution is -1.69. The number of hydrogen-bond donors (Lipinski definition) is 3. The second-order valence-corrected chi connectivity index (χ2v) is 1.28. The fraction of sp³-hybridized carbons (Fsp3) is 0.875. The van der Waals surface area contributed by atoms with Crippen molar-refractivity contribution in [1.82, 2.24) is 0 Å². The van der Waals surface area contributed by atoms with Crippen molar-refractivity contribution in [3.05, 3.63) is 0 Å². The number of rotatable bonds is 1. The van der Waals surface area contributed by atoms with E-state index in [1.165, 1.54) is 6.92 Å². The normalized spacial score (nSPS) is 5.58. The molecule has 0 heterocycles. The van der Waals surface area contributed by atoms with Crippen molar-refractivity contribution in [2.75, 3.05) is 20.3 Å². The van der Waals surface area contributed by atoms with Gasteiger partial charge < -0.3 is 20.1 Å². The summed E-state index contributed by atoms with van der Waals surface area (Å²) in [6, 6.07) is 0. The second-order valence-electron chi connectivity index (χ2n) is 1.28. The number of carbonyl (C=O) groups is 1. The van der Waals surface area contributed by atoms with Gasteiger partial charge >= 0.3 is 0 Å². The molecule has 0 aliphatic rings. The third-order valence-electron chi connectivity index (χ3n) is 0.224. The predicted octanol–water partition coefficient (Wildman–Crippen LogP) is 0.201. The topological polar surface area (TPSA) is 77.8 Å². The van der Waals surface area contributed by atoms with E-state index in [1.807, 2.05) is 6.92 Å². The molecule has 0 amide bonds. The first kappa shape index (κ1) is 22.6. The monoisotopic (exact) mass is 182 g/mol. The summed E-state index contributed by atoms with van der Waals surface area (Å²) in [4.78, 5) is 8.81. The molecule has 0 aromatic rings. The predicted molar refractivity (Wildman–Crippen MR) is 50.0 cm³/mol. The Morgan fingerprint density at radius 3 is 1.25 bits per heavy atom. The van der Waals surface area contributed by atoms with Gasteiger partial charge in [0.25, 0.3) is 0 Å². The zero-order chi connectivity index (χ0) is 10.8. The van der Waals surface area contributed by atoms with Crippen molar-refractivity contribution in [3.63, 3.8) is 0 Å². The fourth-order valence-electron chi connectivity index (χ4n) is 0. The SMILES string of the molecule is CC=O.CCCO.CCO.CO. The van der Waals surface area contributed by atoms with Gasteiger partial charge in [-0.3, -0.25) is 0 Å². The van der Waals surface area contributed by atoms with Crippen LogP contribution in [0.1, 0.15) is 27.2 Å². The highest BCUT2D eigenvalue weighted by Gasteiger charge is 1.57. The molecule has 0 rings (SSSR count). The summed E-state index contributed by atoms with van der Waals surface area (Å²) < 4.78 is 0. The van der Waals surface area contributed by atoms with Crippen LogP contribution >= 0.6 is 0 Å². The summed E-state index contributed by atoms with van der Waals surface area (Å²) in [5, 5.41) is 22.4. The summed E-state index contributed by atoms with van der Waals surface area (Å²) >= 11 is 0. The highest BCUT2D eigenvalue weighted by atomic mass is 16.3. The van der Waals surface area contributed by atoms with Crippen LogP contribution in [0.5, 0.6) is 0 Å². The van der Waals surface area contributed by atoms with E-state index in [4.69, 9.17) is 20.1 Å². The molecule has 0 radical (unpaired) electrons. The Bertz CT molecular complexity index is 38.0. The summed E-state index contributed by atoms with van der Waals surface area (Å²) in [6.07, 6.45) is 1.62. The fourth-order valence-corrected chi connectivity index (χ4v) is 0. The van der Waals surface area contributed by atoms with Crippen LogP contribution in [0, 0.1) is 0 Å². The van der Waals surface area contributed by atoms with Crippen LogP contribution in [0.2, 0.25) is 0 Å². The Hall–Kier alpha value is -0.450. The molecule has 78 valence electrons. The van der Waals surface area contributed by atoms with Crippen molar-refractivity contribution in [2.24, 2.45) is 0 Å². The molecule has 12 heavy (non-hydrogen) atoms. The minimum atomic E-state index is 0.250. The van der Waals surface area contributed by atoms with Gasteiger partial charge in [-0.1, -0.05) is 6.92 Å². The molecule has 0 unspecified atom stereocenters. The molecule has 4 nitrogen and oxygen atoms in total. The van der Waals surface area contributed by atoms with Gasteiger partial charge in [-0.2, -0.15) is 0 Å². The van der Waals surface area contributed by atoms with Gasteiger partial charge in [-0.15, -0.1) is 0 Å². The molecule has 0 saturated carbocycles. The third kappa shape index (κ3) is 2310. The van der Waals surface area contributed by atoms with Crippen LogP contribution in [-0.2, 0) is 4.79 Å². The third-order valence-corrected chi connectivity index (χ3v) is 0.224. The van der Waals surface area contributed by atoms with E-state index in [0.29, 0.717) is 6.61 Å². The summed E-state index contributed by atoms with van der Waals surface area (Å²) in [5.74, 6) is 0. The van der Waals surface area contributed by atoms with Gasteiger partial charge in [0.15, 0.2) is 0 Å². The van der Waals surface area contributed by atoms with Crippen LogP contribution in [0.15, 0.2) is 0 Å². The van der Waals surface area contributed by atoms with Crippen LogP contribution in [0.25, 0.3) is 0 Å². The lowest BCUT2D eigenvalue weighted by atomic mass is 10.5. The molecule has 0 bridgehead atoms. The molecule has 0 aliphatic carbocycles. The summed E-state index contributed by atoms with van der Waals surface area (Å²) in [7, 11) is 1.00. The first-order valence-electron chi connectivity index (χ1n) is 3.81. The van der Waals surface area contributed by atoms with Crippen molar-refractivity contribution < 1.29 is 20.1 Å². The number of aliphatic hydroxyl groups excluding tert-OH is 3. The molecule has 0 aromatic carbocycles. The molecule has 4 heteroatoms. The van der Waals surface area contributed by atoms with Crippen LogP contribution in [-0.4, -0.2) is 41.9 Å². The van der Waals surface area contributed by atoms with Gasteiger partial charge in [0, 0.05) is 20.3 Å². The highest BCUT2D eigenvalue weighted by molar-refractivity contribution is 5.44. The van der Waals surface area contributed by atoms with E-state index >= 15 is 0 Å². The quantitative estimate of drug-likeness (QED) is 0.506. The second kappa shape index (κ2) is 76.3. The minimum Gasteiger partial charge on any atom is -0.400 e. The maximum absolute atomic E-state index is 8.81. The van der Waals surface area contributed by atoms with Crippen molar-refractivity contribution >= 4 is 6.29 Å². The Balaban J connectivity index is -0.0000000368. The first-order chi connectivity index (χ1) is 5.74. The van der Waals surface area contributed by atoms with Gasteiger partial charge in [0.05, 0.1) is 0 Å². The average Bonchev–Trinajstić information content (AvgIpc) is 2.10. The molecule has 0 saturated heterocycles. The minimum absolute atomic E-state index is 0.250. The smallest absolute Gasteiger partial charge is 0.116 e. The number of carbonyl (C=O) groups excluding carboxylic acids is 1. The standard InChI is InChI=1S/C3H8O.C2H6O.C2H4O.CH4O/c1-2-3-4;2*1-2-3;1-2/h4H,2-3H2,1H3;3H,2H2,1H3;2H,1H3;2H,1H3. The molecule has 0 aliphatic heterocycles. The zero-order valence-electron chi connectivity index (χ0n) is 8.45. The lowest BCUT2D eigenvalue weighted by Gasteiger charge is -1.69. The summed E-state index contributed by atoms with van der Waals surface area (Å²) in [6.45, 7) is 5.62. The van der Waals surface area contributed by atoms with E-state index in [9.17, 15) is 0 Å². The van der Waals surface area contributed by atoms with Gasteiger partial charge in [-0.25, -0.2) is 0 Å². The Labute approximate surface area is 74.9 Å². The van der Waals surface area contributed by atoms with E-state index in [1.54, 1.807) is 6.92 Å². The van der Waals surface area contributed by atoms with Gasteiger partial charge in [0.1, 0.15) is 6.29 Å². The van der Waals surface area contributed by atoms with Gasteiger partial charge in [-0.05, 0) is 20.3 Å². The maximum atomic E-state index is 8.81.